The lowest BCUT2D eigenvalue weighted by molar-refractivity contribution is -0.133. The molecule has 0 spiro atoms. The van der Waals surface area contributed by atoms with Gasteiger partial charge in [0.2, 0.25) is 16.0 Å². The molecular weight excluding hydrogens is 394 g/mol. The molecule has 2 aromatic rings. The topological polar surface area (TPSA) is 128 Å². The van der Waals surface area contributed by atoms with Gasteiger partial charge < -0.3 is 10.1 Å². The molecule has 9 nitrogen and oxygen atoms in total. The van der Waals surface area contributed by atoms with Crippen LogP contribution in [0.1, 0.15) is 39.5 Å². The van der Waals surface area contributed by atoms with E-state index in [1.54, 1.807) is 37.1 Å². The number of fused-ring (bicyclic) bond motifs is 1. The standard InChI is InChI=1S/C19H23N5O4S/c1-19(2)17(25)24(13-5-3-4-6-13)16-15(28-19)11-21-18(23-16)22-12-7-9-14(10-8-12)29(20,26)27/h7-11,13H,3-6H2,1-2H3,(H2,20,26,27)(H,21,22,23). The summed E-state index contributed by atoms with van der Waals surface area (Å²) in [4.78, 5) is 23.6. The molecule has 10 heteroatoms. The van der Waals surface area contributed by atoms with E-state index < -0.39 is 15.6 Å². The molecule has 0 bridgehead atoms. The van der Waals surface area contributed by atoms with E-state index in [1.807, 2.05) is 0 Å². The van der Waals surface area contributed by atoms with Gasteiger partial charge in [-0.3, -0.25) is 9.69 Å². The Bertz CT molecular complexity index is 1050. The molecular formula is C19H23N5O4S. The molecule has 0 unspecified atom stereocenters. The third-order valence-electron chi connectivity index (χ3n) is 5.19. The Hall–Kier alpha value is -2.72. The molecule has 2 heterocycles. The molecule has 3 N–H and O–H groups in total. The van der Waals surface area contributed by atoms with Crippen LogP contribution < -0.4 is 20.1 Å². The van der Waals surface area contributed by atoms with Gasteiger partial charge in [0.05, 0.1) is 11.1 Å². The Morgan fingerprint density at radius 2 is 1.86 bits per heavy atom. The normalized spacial score (nSPS) is 19.0. The fraction of sp³-hybridized carbons (Fsp3) is 0.421. The molecule has 1 aliphatic carbocycles. The Morgan fingerprint density at radius 1 is 1.21 bits per heavy atom. The summed E-state index contributed by atoms with van der Waals surface area (Å²) >= 11 is 0. The molecule has 154 valence electrons. The predicted molar refractivity (Wildman–Crippen MR) is 108 cm³/mol. The third-order valence-corrected chi connectivity index (χ3v) is 6.12. The van der Waals surface area contributed by atoms with E-state index >= 15 is 0 Å². The minimum Gasteiger partial charge on any atom is -0.472 e. The van der Waals surface area contributed by atoms with Gasteiger partial charge in [0.25, 0.3) is 5.91 Å². The van der Waals surface area contributed by atoms with Crippen LogP contribution in [0.15, 0.2) is 35.4 Å². The van der Waals surface area contributed by atoms with Crippen LogP contribution in [0.2, 0.25) is 0 Å². The number of nitrogens with two attached hydrogens (primary N) is 1. The molecule has 4 rings (SSSR count). The van der Waals surface area contributed by atoms with Gasteiger partial charge in [-0.05, 0) is 51.0 Å². The van der Waals surface area contributed by atoms with Crippen molar-refractivity contribution in [1.82, 2.24) is 9.97 Å². The SMILES string of the molecule is CC1(C)Oc2cnc(Nc3ccc(S(N)(=O)=O)cc3)nc2N(C2CCCC2)C1=O. The van der Waals surface area contributed by atoms with Crippen LogP contribution in [-0.4, -0.2) is 35.9 Å². The second-order valence-electron chi connectivity index (χ2n) is 7.80. The maximum absolute atomic E-state index is 13.0. The summed E-state index contributed by atoms with van der Waals surface area (Å²) < 4.78 is 28.6. The lowest BCUT2D eigenvalue weighted by Crippen LogP contribution is -2.55. The Kier molecular flexibility index (Phi) is 4.70. The number of aromatic nitrogens is 2. The van der Waals surface area contributed by atoms with Crippen LogP contribution in [0.4, 0.5) is 17.5 Å². The number of carbonyl (C=O) groups is 1. The van der Waals surface area contributed by atoms with E-state index in [-0.39, 0.29) is 22.8 Å². The number of ether oxygens (including phenoxy) is 1. The quantitative estimate of drug-likeness (QED) is 0.781. The van der Waals surface area contributed by atoms with Crippen LogP contribution in [-0.2, 0) is 14.8 Å². The minimum atomic E-state index is -3.76. The van der Waals surface area contributed by atoms with Crippen LogP contribution in [0.3, 0.4) is 0 Å². The fourth-order valence-electron chi connectivity index (χ4n) is 3.73. The number of nitrogens with one attached hydrogen (secondary N) is 1. The van der Waals surface area contributed by atoms with Crippen LogP contribution in [0.25, 0.3) is 0 Å². The highest BCUT2D eigenvalue weighted by Crippen LogP contribution is 2.40. The zero-order valence-electron chi connectivity index (χ0n) is 16.3. The lowest BCUT2D eigenvalue weighted by Gasteiger charge is -2.40. The van der Waals surface area contributed by atoms with Gasteiger partial charge in [0, 0.05) is 11.7 Å². The monoisotopic (exact) mass is 417 g/mol. The highest BCUT2D eigenvalue weighted by Gasteiger charge is 2.45. The van der Waals surface area contributed by atoms with E-state index in [0.717, 1.165) is 25.7 Å². The van der Waals surface area contributed by atoms with Crippen molar-refractivity contribution in [2.24, 2.45) is 5.14 Å². The third kappa shape index (κ3) is 3.77. The Labute approximate surface area is 169 Å². The average Bonchev–Trinajstić information content (AvgIpc) is 3.17. The van der Waals surface area contributed by atoms with E-state index in [0.29, 0.717) is 17.3 Å². The van der Waals surface area contributed by atoms with Crippen molar-refractivity contribution in [3.8, 4) is 5.75 Å². The maximum Gasteiger partial charge on any atom is 0.272 e. The molecule has 1 aromatic heterocycles. The summed E-state index contributed by atoms with van der Waals surface area (Å²) in [6.45, 7) is 3.50. The van der Waals surface area contributed by atoms with Gasteiger partial charge >= 0.3 is 0 Å². The number of anilines is 3. The van der Waals surface area contributed by atoms with Gasteiger partial charge in [-0.25, -0.2) is 18.5 Å². The summed E-state index contributed by atoms with van der Waals surface area (Å²) in [6, 6.07) is 6.04. The number of primary sulfonamides is 1. The second-order valence-corrected chi connectivity index (χ2v) is 9.36. The Balaban J connectivity index is 1.66. The number of sulfonamides is 1. The predicted octanol–water partition coefficient (Wildman–Crippen LogP) is 2.31. The van der Waals surface area contributed by atoms with Crippen molar-refractivity contribution in [3.63, 3.8) is 0 Å². The van der Waals surface area contributed by atoms with Crippen molar-refractivity contribution in [3.05, 3.63) is 30.5 Å². The van der Waals surface area contributed by atoms with Gasteiger partial charge in [0.15, 0.2) is 17.2 Å². The maximum atomic E-state index is 13.0. The zero-order valence-corrected chi connectivity index (χ0v) is 17.1. The molecule has 1 aromatic carbocycles. The number of hydrogen-bond donors (Lipinski definition) is 2. The number of benzene rings is 1. The van der Waals surface area contributed by atoms with E-state index in [4.69, 9.17) is 9.88 Å². The van der Waals surface area contributed by atoms with Crippen LogP contribution in [0, 0.1) is 0 Å². The highest BCUT2D eigenvalue weighted by molar-refractivity contribution is 7.89. The van der Waals surface area contributed by atoms with Crippen LogP contribution in [0.5, 0.6) is 5.75 Å². The largest absolute Gasteiger partial charge is 0.472 e. The first-order valence-corrected chi connectivity index (χ1v) is 11.0. The number of carbonyl (C=O) groups excluding carboxylic acids is 1. The van der Waals surface area contributed by atoms with Crippen molar-refractivity contribution in [1.29, 1.82) is 0 Å². The van der Waals surface area contributed by atoms with Crippen LogP contribution >= 0.6 is 0 Å². The van der Waals surface area contributed by atoms with Gasteiger partial charge in [-0.2, -0.15) is 4.98 Å². The summed E-state index contributed by atoms with van der Waals surface area (Å²) in [7, 11) is -3.76. The average molecular weight is 417 g/mol. The molecule has 1 fully saturated rings. The molecule has 1 amide bonds. The van der Waals surface area contributed by atoms with E-state index in [1.165, 1.54) is 12.1 Å². The summed E-state index contributed by atoms with van der Waals surface area (Å²) in [5, 5.41) is 8.15. The van der Waals surface area contributed by atoms with E-state index in [9.17, 15) is 13.2 Å². The van der Waals surface area contributed by atoms with Crippen molar-refractivity contribution >= 4 is 33.4 Å². The molecule has 29 heavy (non-hydrogen) atoms. The summed E-state index contributed by atoms with van der Waals surface area (Å²) in [6.07, 6.45) is 5.58. The van der Waals surface area contributed by atoms with Gasteiger partial charge in [0.1, 0.15) is 0 Å². The molecule has 0 atom stereocenters. The lowest BCUT2D eigenvalue weighted by atomic mass is 10.0. The molecule has 0 radical (unpaired) electrons. The molecule has 2 aliphatic rings. The highest BCUT2D eigenvalue weighted by atomic mass is 32.2. The molecule has 1 saturated carbocycles. The van der Waals surface area contributed by atoms with Gasteiger partial charge in [-0.15, -0.1) is 0 Å². The summed E-state index contributed by atoms with van der Waals surface area (Å²) in [5.41, 5.74) is -0.384. The Morgan fingerprint density at radius 3 is 2.48 bits per heavy atom. The summed E-state index contributed by atoms with van der Waals surface area (Å²) in [5.74, 6) is 1.10. The number of amides is 1. The molecule has 1 aliphatic heterocycles. The minimum absolute atomic E-state index is 0.0167. The number of nitrogens with zero attached hydrogens (tertiary/aromatic N) is 3. The molecule has 0 saturated heterocycles. The number of rotatable bonds is 4. The van der Waals surface area contributed by atoms with Gasteiger partial charge in [-0.1, -0.05) is 12.8 Å². The number of hydrogen-bond acceptors (Lipinski definition) is 7. The first kappa shape index (κ1) is 19.6. The fourth-order valence-corrected chi connectivity index (χ4v) is 4.25. The second kappa shape index (κ2) is 6.96. The van der Waals surface area contributed by atoms with Crippen molar-refractivity contribution < 1.29 is 17.9 Å². The zero-order chi connectivity index (χ0) is 20.8. The van der Waals surface area contributed by atoms with Crippen molar-refractivity contribution in [2.45, 2.75) is 56.1 Å². The van der Waals surface area contributed by atoms with E-state index in [2.05, 4.69) is 15.3 Å². The van der Waals surface area contributed by atoms with Crippen molar-refractivity contribution in [2.75, 3.05) is 10.2 Å². The first-order chi connectivity index (χ1) is 13.6. The first-order valence-electron chi connectivity index (χ1n) is 9.45. The smallest absolute Gasteiger partial charge is 0.272 e.